The normalized spacial score (nSPS) is 18.1. The Bertz CT molecular complexity index is 1230. The first-order valence-electron chi connectivity index (χ1n) is 12.2. The van der Waals surface area contributed by atoms with Crippen molar-refractivity contribution in [3.63, 3.8) is 0 Å². The number of β-amino-alcohol motifs (C(OH)–C–C–N with tert-alkyl or cyclic N) is 1. The molecule has 3 N–H and O–H groups in total. The van der Waals surface area contributed by atoms with E-state index in [9.17, 15) is 33.0 Å². The van der Waals surface area contributed by atoms with E-state index in [4.69, 9.17) is 21.1 Å². The van der Waals surface area contributed by atoms with E-state index in [1.54, 1.807) is 13.0 Å². The van der Waals surface area contributed by atoms with Crippen molar-refractivity contribution < 1.29 is 47.2 Å². The van der Waals surface area contributed by atoms with Crippen molar-refractivity contribution >= 4 is 29.2 Å². The molecular weight excluding hydrogens is 545 g/mol. The first-order chi connectivity index (χ1) is 18.2. The number of phenols is 1. The van der Waals surface area contributed by atoms with Crippen molar-refractivity contribution in [1.82, 2.24) is 4.90 Å². The predicted octanol–water partition coefficient (Wildman–Crippen LogP) is 3.69. The lowest BCUT2D eigenvalue weighted by atomic mass is 9.86. The maximum Gasteiger partial charge on any atom is 0.490 e. The van der Waals surface area contributed by atoms with Gasteiger partial charge < -0.3 is 34.6 Å². The molecule has 4 rings (SSSR count). The van der Waals surface area contributed by atoms with Crippen LogP contribution in [0, 0.1) is 0 Å². The van der Waals surface area contributed by atoms with Crippen molar-refractivity contribution in [3.8, 4) is 17.2 Å². The third kappa shape index (κ3) is 7.46. The summed E-state index contributed by atoms with van der Waals surface area (Å²) in [6.45, 7) is 1.83. The monoisotopic (exact) mass is 572 g/mol. The minimum Gasteiger partial charge on any atom is -0.508 e. The summed E-state index contributed by atoms with van der Waals surface area (Å²) in [5, 5.41) is 23.8. The number of hydrogen-bond acceptors (Lipinski definition) is 8. The molecule has 0 unspecified atom stereocenters. The van der Waals surface area contributed by atoms with Gasteiger partial charge in [-0.05, 0) is 42.8 Å². The number of piperidine rings is 1. The molecule has 0 saturated carbocycles. The molecule has 0 aliphatic carbocycles. The van der Waals surface area contributed by atoms with Crippen LogP contribution in [0.2, 0.25) is 5.02 Å². The molecule has 39 heavy (non-hydrogen) atoms. The molecule has 9 nitrogen and oxygen atoms in total. The molecule has 1 atom stereocenters. The number of alkyl halides is 3. The van der Waals surface area contributed by atoms with Gasteiger partial charge in [0.2, 0.25) is 0 Å². The second-order valence-electron chi connectivity index (χ2n) is 10.1. The van der Waals surface area contributed by atoms with Gasteiger partial charge in [0.15, 0.2) is 6.61 Å². The lowest BCUT2D eigenvalue weighted by Crippen LogP contribution is -2.52. The van der Waals surface area contributed by atoms with Gasteiger partial charge in [-0.15, -0.1) is 0 Å². The van der Waals surface area contributed by atoms with Crippen LogP contribution in [0.1, 0.15) is 25.3 Å². The van der Waals surface area contributed by atoms with Gasteiger partial charge in [0.05, 0.1) is 5.69 Å². The Morgan fingerprint density at radius 1 is 1.18 bits per heavy atom. The van der Waals surface area contributed by atoms with Gasteiger partial charge in [-0.25, -0.2) is 4.79 Å². The highest BCUT2D eigenvalue weighted by Gasteiger charge is 2.43. The van der Waals surface area contributed by atoms with Crippen LogP contribution < -0.4 is 14.8 Å². The van der Waals surface area contributed by atoms with E-state index < -0.39 is 30.3 Å². The fraction of sp³-hybridized carbons (Fsp3) is 0.462. The second kappa shape index (κ2) is 11.1. The number of esters is 1. The van der Waals surface area contributed by atoms with Gasteiger partial charge in [0, 0.05) is 50.0 Å². The number of nitrogens with one attached hydrogen (secondary N) is 1. The van der Waals surface area contributed by atoms with E-state index >= 15 is 0 Å². The molecule has 1 spiro atoms. The Kier molecular flexibility index (Phi) is 8.20. The molecule has 0 bridgehead atoms. The van der Waals surface area contributed by atoms with E-state index in [1.807, 2.05) is 12.1 Å². The number of halogens is 4. The number of fused-ring (bicyclic) bond motifs is 1. The van der Waals surface area contributed by atoms with Crippen LogP contribution >= 0.6 is 11.6 Å². The molecule has 2 aliphatic rings. The van der Waals surface area contributed by atoms with E-state index in [0.29, 0.717) is 18.1 Å². The minimum atomic E-state index is -5.23. The fourth-order valence-electron chi connectivity index (χ4n) is 4.69. The summed E-state index contributed by atoms with van der Waals surface area (Å²) in [5.74, 6) is -2.92. The molecule has 0 aromatic heterocycles. The number of amides is 1. The number of benzene rings is 2. The Hall–Kier alpha value is -3.22. The number of nitrogens with zero attached hydrogens (tertiary/aromatic N) is 1. The quantitative estimate of drug-likeness (QED) is 0.324. The zero-order chi connectivity index (χ0) is 28.4. The zero-order valence-corrected chi connectivity index (χ0v) is 21.8. The summed E-state index contributed by atoms with van der Waals surface area (Å²) in [7, 11) is 0. The van der Waals surface area contributed by atoms with Crippen LogP contribution in [0.5, 0.6) is 17.2 Å². The van der Waals surface area contributed by atoms with Gasteiger partial charge in [0.1, 0.15) is 35.1 Å². The van der Waals surface area contributed by atoms with Crippen LogP contribution in [0.3, 0.4) is 0 Å². The molecule has 2 aliphatic heterocycles. The number of rotatable bonds is 8. The van der Waals surface area contributed by atoms with Crippen LogP contribution in [-0.2, 0) is 20.7 Å². The first kappa shape index (κ1) is 28.8. The van der Waals surface area contributed by atoms with Crippen molar-refractivity contribution in [2.45, 2.75) is 43.6 Å². The topological polar surface area (TPSA) is 118 Å². The highest BCUT2D eigenvalue weighted by atomic mass is 35.5. The van der Waals surface area contributed by atoms with Crippen LogP contribution in [0.15, 0.2) is 36.4 Å². The number of carbonyl (C=O) groups is 2. The van der Waals surface area contributed by atoms with Crippen molar-refractivity contribution in [1.29, 1.82) is 0 Å². The smallest absolute Gasteiger partial charge is 0.490 e. The first-order valence-corrected chi connectivity index (χ1v) is 12.5. The van der Waals surface area contributed by atoms with Gasteiger partial charge >= 0.3 is 12.1 Å². The highest BCUT2D eigenvalue weighted by molar-refractivity contribution is 6.30. The maximum atomic E-state index is 12.3. The number of ether oxygens (including phenoxy) is 3. The Morgan fingerprint density at radius 2 is 1.90 bits per heavy atom. The fourth-order valence-corrected chi connectivity index (χ4v) is 4.89. The van der Waals surface area contributed by atoms with Crippen molar-refractivity contribution in [3.05, 3.63) is 47.0 Å². The van der Waals surface area contributed by atoms with E-state index in [0.717, 1.165) is 30.6 Å². The van der Waals surface area contributed by atoms with E-state index in [1.165, 1.54) is 18.2 Å². The van der Waals surface area contributed by atoms with Crippen LogP contribution in [0.25, 0.3) is 0 Å². The molecule has 13 heteroatoms. The third-order valence-corrected chi connectivity index (χ3v) is 6.77. The van der Waals surface area contributed by atoms with Crippen molar-refractivity contribution in [2.75, 3.05) is 38.2 Å². The number of anilines is 1. The molecular formula is C26H28ClF3N2O7. The number of carbonyl (C=O) groups excluding carboxylic acids is 2. The Balaban J connectivity index is 1.29. The largest absolute Gasteiger partial charge is 0.508 e. The van der Waals surface area contributed by atoms with Gasteiger partial charge in [0.25, 0.3) is 5.91 Å². The zero-order valence-electron chi connectivity index (χ0n) is 21.0. The SMILES string of the molecule is C[C@@](O)(COc1cc(O)ccc1NC(=O)COC(=O)C(F)(F)F)CN1CCC2(CC1)Cc1cc(Cl)ccc1O2. The van der Waals surface area contributed by atoms with Gasteiger partial charge in [-0.1, -0.05) is 11.6 Å². The molecule has 1 amide bonds. The lowest BCUT2D eigenvalue weighted by molar-refractivity contribution is -0.199. The van der Waals surface area contributed by atoms with Gasteiger partial charge in [-0.3, -0.25) is 4.79 Å². The number of aliphatic hydroxyl groups is 1. The molecule has 1 saturated heterocycles. The van der Waals surface area contributed by atoms with Crippen LogP contribution in [-0.4, -0.2) is 77.2 Å². The minimum absolute atomic E-state index is 0.00891. The summed E-state index contributed by atoms with van der Waals surface area (Å²) in [5.41, 5.74) is -0.528. The van der Waals surface area contributed by atoms with E-state index in [2.05, 4.69) is 15.0 Å². The maximum absolute atomic E-state index is 12.3. The second-order valence-corrected chi connectivity index (χ2v) is 10.5. The average molecular weight is 573 g/mol. The molecule has 212 valence electrons. The molecule has 1 fully saturated rings. The highest BCUT2D eigenvalue weighted by Crippen LogP contribution is 2.42. The molecule has 0 radical (unpaired) electrons. The summed E-state index contributed by atoms with van der Waals surface area (Å²) in [4.78, 5) is 24.9. The molecule has 2 heterocycles. The Morgan fingerprint density at radius 3 is 2.59 bits per heavy atom. The van der Waals surface area contributed by atoms with Gasteiger partial charge in [-0.2, -0.15) is 13.2 Å². The number of aromatic hydroxyl groups is 1. The summed E-state index contributed by atoms with van der Waals surface area (Å²) in [6, 6.07) is 9.28. The van der Waals surface area contributed by atoms with Crippen LogP contribution in [0.4, 0.5) is 18.9 Å². The Labute approximate surface area is 227 Å². The van der Waals surface area contributed by atoms with E-state index in [-0.39, 0.29) is 35.9 Å². The summed E-state index contributed by atoms with van der Waals surface area (Å²) in [6.07, 6.45) is -2.93. The lowest BCUT2D eigenvalue weighted by Gasteiger charge is -2.41. The third-order valence-electron chi connectivity index (χ3n) is 6.54. The number of hydrogen-bond donors (Lipinski definition) is 3. The molecule has 2 aromatic rings. The van der Waals surface area contributed by atoms with Crippen molar-refractivity contribution in [2.24, 2.45) is 0 Å². The standard InChI is InChI=1S/C26H28ClF3N2O7/c1-24(36,14-32-8-6-25(7-9-32)12-16-10-17(27)2-5-20(16)39-25)15-38-21-11-18(33)3-4-19(21)31-22(34)13-37-23(35)26(28,29)30/h2-5,10-11,33,36H,6-9,12-15H2,1H3,(H,31,34)/t24-/m0/s1. The summed E-state index contributed by atoms with van der Waals surface area (Å²) < 4.78 is 52.7. The average Bonchev–Trinajstić information content (AvgIpc) is 3.20. The molecule has 2 aromatic carbocycles. The number of likely N-dealkylation sites (tertiary alicyclic amines) is 1. The summed E-state index contributed by atoms with van der Waals surface area (Å²) >= 11 is 6.11. The number of phenolic OH excluding ortho intramolecular Hbond substituents is 1. The predicted molar refractivity (Wildman–Crippen MR) is 134 cm³/mol.